The van der Waals surface area contributed by atoms with Gasteiger partial charge in [0, 0.05) is 52.9 Å². The smallest absolute Gasteiger partial charge is 0.441 e. The van der Waals surface area contributed by atoms with Crippen molar-refractivity contribution in [1.82, 2.24) is 4.90 Å². The van der Waals surface area contributed by atoms with Crippen molar-refractivity contribution < 1.29 is 38.6 Å². The Morgan fingerprint density at radius 1 is 1.03 bits per heavy atom. The number of carbonyl (C=O) groups excluding carboxylic acids is 1. The zero-order valence-corrected chi connectivity index (χ0v) is 22.9. The molecule has 0 bridgehead atoms. The number of likely N-dealkylation sites (tertiary alicyclic amines) is 1. The number of anilines is 1. The van der Waals surface area contributed by atoms with Gasteiger partial charge in [0.25, 0.3) is 0 Å². The Labute approximate surface area is 230 Å². The summed E-state index contributed by atoms with van der Waals surface area (Å²) in [5, 5.41) is 8.94. The van der Waals surface area contributed by atoms with Gasteiger partial charge in [-0.25, -0.2) is 4.79 Å². The molecule has 0 spiro atoms. The van der Waals surface area contributed by atoms with Gasteiger partial charge in [-0.2, -0.15) is 5.26 Å². The summed E-state index contributed by atoms with van der Waals surface area (Å²) < 4.78 is 28.4. The zero-order chi connectivity index (χ0) is 27.5. The van der Waals surface area contributed by atoms with E-state index in [9.17, 15) is 4.79 Å². The lowest BCUT2D eigenvalue weighted by Gasteiger charge is -2.37. The van der Waals surface area contributed by atoms with Crippen LogP contribution in [-0.2, 0) is 25.7 Å². The molecule has 4 rings (SSSR count). The van der Waals surface area contributed by atoms with Gasteiger partial charge in [0.15, 0.2) is 0 Å². The largest absolute Gasteiger partial charge is 0.494 e. The van der Waals surface area contributed by atoms with Crippen LogP contribution in [0, 0.1) is 0 Å². The zero-order valence-electron chi connectivity index (χ0n) is 22.9. The summed E-state index contributed by atoms with van der Waals surface area (Å²) in [6.07, 6.45) is 1.40. The summed E-state index contributed by atoms with van der Waals surface area (Å²) in [5.41, 5.74) is 3.20. The van der Waals surface area contributed by atoms with Gasteiger partial charge in [0.05, 0.1) is 38.1 Å². The van der Waals surface area contributed by atoms with E-state index in [4.69, 9.17) is 28.9 Å². The van der Waals surface area contributed by atoms with E-state index in [0.29, 0.717) is 52.5 Å². The molecule has 1 fully saturated rings. The fraction of sp³-hybridized carbons (Fsp3) is 0.552. The molecular weight excluding hydrogens is 504 g/mol. The highest BCUT2D eigenvalue weighted by molar-refractivity contribution is 5.67. The summed E-state index contributed by atoms with van der Waals surface area (Å²) in [5.74, 6) is 1.75. The highest BCUT2D eigenvalue weighted by Crippen LogP contribution is 2.35. The second-order valence-electron chi connectivity index (χ2n) is 9.80. The molecule has 214 valence electrons. The van der Waals surface area contributed by atoms with Crippen LogP contribution in [-0.4, -0.2) is 89.2 Å². The molecule has 1 saturated heterocycles. The Bertz CT molecular complexity index is 1030. The fourth-order valence-corrected chi connectivity index (χ4v) is 5.14. The van der Waals surface area contributed by atoms with Crippen LogP contribution in [0.4, 0.5) is 10.5 Å². The van der Waals surface area contributed by atoms with Crippen LogP contribution in [0.15, 0.2) is 42.5 Å². The summed E-state index contributed by atoms with van der Waals surface area (Å²) in [7, 11) is 3.40. The predicted molar refractivity (Wildman–Crippen MR) is 146 cm³/mol. The number of carbonyl (C=O) groups is 1. The number of fused-ring (bicyclic) bond motifs is 1. The molecule has 2 aliphatic rings. The van der Waals surface area contributed by atoms with Gasteiger partial charge in [-0.3, -0.25) is 4.89 Å². The average Bonchev–Trinajstić information content (AvgIpc) is 2.98. The maximum atomic E-state index is 12.1. The minimum atomic E-state index is -0.764. The highest BCUT2D eigenvalue weighted by atomic mass is 17.1. The standard InChI is InChI=1S/C29H40N2O8/c1-34-15-3-12-30-14-18-37-27-10-5-22(19-26(27)30)21-38-28-20-31(29(32)39-33)13-11-25(28)23-6-8-24(9-7-23)36-17-4-16-35-2/h5-10,19,25,28,33H,3-4,11-18,20-21H2,1-2H3/t25-,28-/m0/s1. The first-order valence-corrected chi connectivity index (χ1v) is 13.6. The summed E-state index contributed by atoms with van der Waals surface area (Å²) >= 11 is 0. The van der Waals surface area contributed by atoms with Crippen molar-refractivity contribution in [3.8, 4) is 11.5 Å². The van der Waals surface area contributed by atoms with Crippen molar-refractivity contribution >= 4 is 11.8 Å². The molecule has 0 unspecified atom stereocenters. The second-order valence-corrected chi connectivity index (χ2v) is 9.80. The van der Waals surface area contributed by atoms with Crippen LogP contribution in [0.3, 0.4) is 0 Å². The molecule has 2 aliphatic heterocycles. The Hall–Kier alpha value is -3.05. The lowest BCUT2D eigenvalue weighted by Crippen LogP contribution is -2.46. The fourth-order valence-electron chi connectivity index (χ4n) is 5.14. The maximum Gasteiger partial charge on any atom is 0.441 e. The molecule has 0 saturated carbocycles. The molecule has 0 radical (unpaired) electrons. The molecule has 10 nitrogen and oxygen atoms in total. The van der Waals surface area contributed by atoms with Crippen LogP contribution in [0.25, 0.3) is 0 Å². The molecule has 0 aromatic heterocycles. The number of rotatable bonds is 13. The van der Waals surface area contributed by atoms with Crippen molar-refractivity contribution in [2.45, 2.75) is 37.9 Å². The first kappa shape index (κ1) is 28.9. The summed E-state index contributed by atoms with van der Waals surface area (Å²) in [6, 6.07) is 14.2. The topological polar surface area (TPSA) is 99.2 Å². The SMILES string of the molecule is COCCCOc1ccc([C@@H]2CCN(C(=O)OO)C[C@@H]2OCc2ccc3c(c2)N(CCCOC)CCO3)cc1. The van der Waals surface area contributed by atoms with Crippen molar-refractivity contribution in [1.29, 1.82) is 0 Å². The minimum Gasteiger partial charge on any atom is -0.494 e. The molecule has 10 heteroatoms. The van der Waals surface area contributed by atoms with E-state index in [-0.39, 0.29) is 12.0 Å². The number of hydrogen-bond donors (Lipinski definition) is 1. The normalized spacial score (nSPS) is 18.8. The van der Waals surface area contributed by atoms with Gasteiger partial charge in [0.2, 0.25) is 0 Å². The molecule has 1 amide bonds. The number of benzene rings is 2. The van der Waals surface area contributed by atoms with Crippen molar-refractivity contribution in [2.75, 3.05) is 71.7 Å². The van der Waals surface area contributed by atoms with Gasteiger partial charge in [-0.15, -0.1) is 0 Å². The summed E-state index contributed by atoms with van der Waals surface area (Å²) in [6.45, 7) is 5.51. The van der Waals surface area contributed by atoms with Crippen LogP contribution < -0.4 is 14.4 Å². The number of amides is 1. The van der Waals surface area contributed by atoms with Gasteiger partial charge in [-0.1, -0.05) is 18.2 Å². The quantitative estimate of drug-likeness (QED) is 0.225. The molecule has 2 aromatic carbocycles. The third-order valence-corrected chi connectivity index (χ3v) is 7.19. The third-order valence-electron chi connectivity index (χ3n) is 7.19. The molecule has 1 N–H and O–H groups in total. The number of ether oxygens (including phenoxy) is 5. The number of nitrogens with zero attached hydrogens (tertiary/aromatic N) is 2. The Kier molecular flexibility index (Phi) is 11.1. The molecule has 2 heterocycles. The van der Waals surface area contributed by atoms with Gasteiger partial charge >= 0.3 is 6.09 Å². The van der Waals surface area contributed by atoms with E-state index in [1.807, 2.05) is 24.3 Å². The molecule has 0 aliphatic carbocycles. The summed E-state index contributed by atoms with van der Waals surface area (Å²) in [4.78, 5) is 19.9. The van der Waals surface area contributed by atoms with Gasteiger partial charge in [-0.05, 0) is 48.2 Å². The van der Waals surface area contributed by atoms with Crippen molar-refractivity contribution in [3.05, 3.63) is 53.6 Å². The third kappa shape index (κ3) is 7.98. The van der Waals surface area contributed by atoms with Gasteiger partial charge in [0.1, 0.15) is 18.1 Å². The number of piperidine rings is 1. The van der Waals surface area contributed by atoms with E-state index in [2.05, 4.69) is 28.0 Å². The maximum absolute atomic E-state index is 12.1. The first-order valence-electron chi connectivity index (χ1n) is 13.6. The van der Waals surface area contributed by atoms with Crippen LogP contribution in [0.1, 0.15) is 36.3 Å². The Morgan fingerprint density at radius 3 is 2.59 bits per heavy atom. The monoisotopic (exact) mass is 544 g/mol. The van der Waals surface area contributed by atoms with Crippen molar-refractivity contribution in [2.24, 2.45) is 0 Å². The predicted octanol–water partition coefficient (Wildman–Crippen LogP) is 4.32. The van der Waals surface area contributed by atoms with Crippen molar-refractivity contribution in [3.63, 3.8) is 0 Å². The average molecular weight is 545 g/mol. The van der Waals surface area contributed by atoms with E-state index < -0.39 is 6.09 Å². The van der Waals surface area contributed by atoms with E-state index in [1.165, 1.54) is 4.90 Å². The van der Waals surface area contributed by atoms with Crippen LogP contribution >= 0.6 is 0 Å². The van der Waals surface area contributed by atoms with Gasteiger partial charge < -0.3 is 33.5 Å². The minimum absolute atomic E-state index is 0.0711. The highest BCUT2D eigenvalue weighted by Gasteiger charge is 2.34. The van der Waals surface area contributed by atoms with E-state index in [1.54, 1.807) is 14.2 Å². The lowest BCUT2D eigenvalue weighted by atomic mass is 9.87. The lowest BCUT2D eigenvalue weighted by molar-refractivity contribution is -0.191. The number of hydrogen-bond acceptors (Lipinski definition) is 9. The number of methoxy groups -OCH3 is 2. The van der Waals surface area contributed by atoms with E-state index in [0.717, 1.165) is 54.2 Å². The Morgan fingerprint density at radius 2 is 1.82 bits per heavy atom. The van der Waals surface area contributed by atoms with Crippen LogP contribution in [0.5, 0.6) is 11.5 Å². The first-order chi connectivity index (χ1) is 19.1. The molecular formula is C29H40N2O8. The second kappa shape index (κ2) is 14.9. The molecule has 2 atom stereocenters. The van der Waals surface area contributed by atoms with Crippen LogP contribution in [0.2, 0.25) is 0 Å². The Balaban J connectivity index is 1.44. The van der Waals surface area contributed by atoms with E-state index >= 15 is 0 Å². The molecule has 2 aromatic rings. The molecule has 39 heavy (non-hydrogen) atoms.